The molecule has 3 aromatic rings. The van der Waals surface area contributed by atoms with Gasteiger partial charge >= 0.3 is 0 Å². The van der Waals surface area contributed by atoms with Crippen LogP contribution in [0.1, 0.15) is 121 Å². The van der Waals surface area contributed by atoms with Crippen LogP contribution in [0.15, 0.2) is 66.9 Å². The van der Waals surface area contributed by atoms with Crippen molar-refractivity contribution in [1.29, 1.82) is 0 Å². The highest BCUT2D eigenvalue weighted by atomic mass is 16.5. The molecule has 0 spiro atoms. The summed E-state index contributed by atoms with van der Waals surface area (Å²) in [4.78, 5) is 4.80. The molecule has 3 rings (SSSR count). The van der Waals surface area contributed by atoms with Gasteiger partial charge in [-0.2, -0.15) is 0 Å². The average Bonchev–Trinajstić information content (AvgIpc) is 2.95. The number of hydrogen-bond donors (Lipinski definition) is 0. The van der Waals surface area contributed by atoms with Crippen molar-refractivity contribution in [2.75, 3.05) is 6.61 Å². The molecule has 0 aliphatic rings. The monoisotopic (exact) mass is 499 g/mol. The number of aryl methyl sites for hydroxylation is 1. The van der Waals surface area contributed by atoms with E-state index < -0.39 is 0 Å². The summed E-state index contributed by atoms with van der Waals surface area (Å²) < 4.78 is 5.96. The van der Waals surface area contributed by atoms with E-state index in [0.29, 0.717) is 0 Å². The van der Waals surface area contributed by atoms with Crippen molar-refractivity contribution in [3.8, 4) is 16.9 Å². The first-order valence-corrected chi connectivity index (χ1v) is 15.0. The first-order chi connectivity index (χ1) is 18.2. The van der Waals surface area contributed by atoms with Crippen LogP contribution >= 0.6 is 0 Å². The smallest absolute Gasteiger partial charge is 0.119 e. The summed E-state index contributed by atoms with van der Waals surface area (Å²) in [5, 5.41) is 0. The van der Waals surface area contributed by atoms with Crippen LogP contribution < -0.4 is 4.74 Å². The molecular formula is C35H49NO. The van der Waals surface area contributed by atoms with Crippen LogP contribution in [0.25, 0.3) is 11.1 Å². The molecule has 0 N–H and O–H groups in total. The van der Waals surface area contributed by atoms with Gasteiger partial charge in [0.25, 0.3) is 0 Å². The van der Waals surface area contributed by atoms with E-state index >= 15 is 0 Å². The van der Waals surface area contributed by atoms with E-state index in [9.17, 15) is 0 Å². The highest BCUT2D eigenvalue weighted by Gasteiger charge is 2.10. The molecule has 0 radical (unpaired) electrons. The number of aromatic nitrogens is 1. The molecule has 0 saturated carbocycles. The van der Waals surface area contributed by atoms with Gasteiger partial charge in [-0.15, -0.1) is 0 Å². The fourth-order valence-electron chi connectivity index (χ4n) is 4.90. The minimum Gasteiger partial charge on any atom is -0.494 e. The number of ether oxygens (including phenoxy) is 1. The lowest BCUT2D eigenvalue weighted by atomic mass is 9.94. The molecule has 1 atom stereocenters. The van der Waals surface area contributed by atoms with Crippen molar-refractivity contribution in [2.45, 2.75) is 110 Å². The summed E-state index contributed by atoms with van der Waals surface area (Å²) in [5.74, 6) is 1.26. The number of nitrogens with zero attached hydrogens (tertiary/aromatic N) is 1. The Balaban J connectivity index is 1.44. The van der Waals surface area contributed by atoms with E-state index in [0.717, 1.165) is 30.9 Å². The Hall–Kier alpha value is -2.61. The fraction of sp³-hybridized carbons (Fsp3) is 0.514. The van der Waals surface area contributed by atoms with Crippen molar-refractivity contribution in [2.24, 2.45) is 0 Å². The molecule has 0 aliphatic heterocycles. The van der Waals surface area contributed by atoms with Crippen molar-refractivity contribution in [3.63, 3.8) is 0 Å². The maximum Gasteiger partial charge on any atom is 0.119 e. The van der Waals surface area contributed by atoms with Gasteiger partial charge in [0.1, 0.15) is 5.75 Å². The number of rotatable bonds is 18. The zero-order valence-corrected chi connectivity index (χ0v) is 23.7. The minimum absolute atomic E-state index is 0.287. The lowest BCUT2D eigenvalue weighted by Crippen LogP contribution is -2.00. The van der Waals surface area contributed by atoms with Gasteiger partial charge in [-0.05, 0) is 59.7 Å². The van der Waals surface area contributed by atoms with E-state index in [-0.39, 0.29) is 5.92 Å². The highest BCUT2D eigenvalue weighted by molar-refractivity contribution is 5.64. The van der Waals surface area contributed by atoms with Crippen molar-refractivity contribution < 1.29 is 4.74 Å². The molecule has 2 aromatic carbocycles. The van der Waals surface area contributed by atoms with Crippen LogP contribution in [0.4, 0.5) is 0 Å². The molecule has 200 valence electrons. The molecule has 2 heteroatoms. The number of pyridine rings is 1. The Bertz CT molecular complexity index is 975. The fourth-order valence-corrected chi connectivity index (χ4v) is 4.90. The van der Waals surface area contributed by atoms with Gasteiger partial charge in [-0.1, -0.05) is 127 Å². The first kappa shape index (κ1) is 29.0. The summed E-state index contributed by atoms with van der Waals surface area (Å²) in [6, 6.07) is 22.0. The van der Waals surface area contributed by atoms with Crippen LogP contribution in [-0.2, 0) is 6.42 Å². The Labute approximate surface area is 226 Å². The van der Waals surface area contributed by atoms with E-state index in [2.05, 4.69) is 87.6 Å². The molecule has 0 fully saturated rings. The van der Waals surface area contributed by atoms with Gasteiger partial charge in [0.05, 0.1) is 6.61 Å². The number of hydrogen-bond acceptors (Lipinski definition) is 2. The Morgan fingerprint density at radius 3 is 1.78 bits per heavy atom. The van der Waals surface area contributed by atoms with Gasteiger partial charge in [-0.25, -0.2) is 0 Å². The molecule has 2 nitrogen and oxygen atoms in total. The van der Waals surface area contributed by atoms with Crippen molar-refractivity contribution in [3.05, 3.63) is 83.7 Å². The molecule has 1 unspecified atom stereocenters. The van der Waals surface area contributed by atoms with E-state index in [4.69, 9.17) is 9.72 Å². The van der Waals surface area contributed by atoms with Gasteiger partial charge < -0.3 is 4.74 Å². The Kier molecular flexibility index (Phi) is 13.3. The highest BCUT2D eigenvalue weighted by Crippen LogP contribution is 2.27. The Morgan fingerprint density at radius 1 is 0.622 bits per heavy atom. The molecule has 0 bridgehead atoms. The van der Waals surface area contributed by atoms with Gasteiger partial charge in [0.2, 0.25) is 0 Å². The third-order valence-electron chi connectivity index (χ3n) is 7.48. The predicted molar refractivity (Wildman–Crippen MR) is 160 cm³/mol. The maximum absolute atomic E-state index is 5.96. The molecule has 0 saturated heterocycles. The zero-order valence-electron chi connectivity index (χ0n) is 23.7. The molecular weight excluding hydrogens is 450 g/mol. The van der Waals surface area contributed by atoms with Crippen molar-refractivity contribution in [1.82, 2.24) is 4.98 Å². The van der Waals surface area contributed by atoms with E-state index in [1.54, 1.807) is 0 Å². The quantitative estimate of drug-likeness (QED) is 0.162. The second-order valence-corrected chi connectivity index (χ2v) is 10.6. The Morgan fingerprint density at radius 2 is 1.19 bits per heavy atom. The predicted octanol–water partition coefficient (Wildman–Crippen LogP) is 10.5. The lowest BCUT2D eigenvalue weighted by molar-refractivity contribution is 0.304. The van der Waals surface area contributed by atoms with E-state index in [1.807, 2.05) is 0 Å². The molecule has 1 aromatic heterocycles. The molecule has 0 amide bonds. The third-order valence-corrected chi connectivity index (χ3v) is 7.48. The summed E-state index contributed by atoms with van der Waals surface area (Å²) >= 11 is 0. The van der Waals surface area contributed by atoms with Gasteiger partial charge in [0.15, 0.2) is 0 Å². The standard InChI is InChI=1S/C35H49NO/c1-4-6-8-10-11-13-15-27-37-34-24-22-33(23-25-34)32-20-18-31(19-21-32)29(3)35-26-17-30(28-36-35)16-14-12-9-7-5-2/h17-26,28-29H,4-16,27H2,1-3H3. The second kappa shape index (κ2) is 17.0. The minimum atomic E-state index is 0.287. The first-order valence-electron chi connectivity index (χ1n) is 15.0. The molecule has 0 aliphatic carbocycles. The zero-order chi connectivity index (χ0) is 26.1. The lowest BCUT2D eigenvalue weighted by Gasteiger charge is -2.13. The summed E-state index contributed by atoms with van der Waals surface area (Å²) in [5.41, 5.74) is 6.27. The topological polar surface area (TPSA) is 22.1 Å². The average molecular weight is 500 g/mol. The summed E-state index contributed by atoms with van der Waals surface area (Å²) in [6.45, 7) is 7.60. The van der Waals surface area contributed by atoms with E-state index in [1.165, 1.54) is 92.9 Å². The van der Waals surface area contributed by atoms with Crippen LogP contribution in [0.2, 0.25) is 0 Å². The van der Waals surface area contributed by atoms with Crippen LogP contribution in [0, 0.1) is 0 Å². The second-order valence-electron chi connectivity index (χ2n) is 10.6. The largest absolute Gasteiger partial charge is 0.494 e. The molecule has 1 heterocycles. The van der Waals surface area contributed by atoms with Gasteiger partial charge in [-0.3, -0.25) is 4.98 Å². The van der Waals surface area contributed by atoms with Crippen molar-refractivity contribution >= 4 is 0 Å². The number of unbranched alkanes of at least 4 members (excludes halogenated alkanes) is 10. The summed E-state index contributed by atoms with van der Waals surface area (Å²) in [7, 11) is 0. The van der Waals surface area contributed by atoms with Crippen LogP contribution in [-0.4, -0.2) is 11.6 Å². The normalized spacial score (nSPS) is 12.0. The van der Waals surface area contributed by atoms with Gasteiger partial charge in [0, 0.05) is 17.8 Å². The SMILES string of the molecule is CCCCCCCCCOc1ccc(-c2ccc(C(C)c3ccc(CCCCCCC)cn3)cc2)cc1. The third kappa shape index (κ3) is 10.3. The molecule has 37 heavy (non-hydrogen) atoms. The van der Waals surface area contributed by atoms with Crippen LogP contribution in [0.3, 0.4) is 0 Å². The van der Waals surface area contributed by atoms with Crippen LogP contribution in [0.5, 0.6) is 5.75 Å². The summed E-state index contributed by atoms with van der Waals surface area (Å²) in [6.07, 6.45) is 19.0. The number of benzene rings is 2. The maximum atomic E-state index is 5.96.